The predicted molar refractivity (Wildman–Crippen MR) is 107 cm³/mol. The van der Waals surface area contributed by atoms with Crippen molar-refractivity contribution in [2.45, 2.75) is 32.8 Å². The lowest BCUT2D eigenvalue weighted by molar-refractivity contribution is -0.149. The largest absolute Gasteiger partial charge is 0.493 e. The van der Waals surface area contributed by atoms with Gasteiger partial charge in [0, 0.05) is 30.4 Å². The van der Waals surface area contributed by atoms with Crippen molar-refractivity contribution >= 4 is 17.3 Å². The molecule has 0 bridgehead atoms. The lowest BCUT2D eigenvalue weighted by atomic mass is 10.1. The van der Waals surface area contributed by atoms with E-state index >= 15 is 0 Å². The van der Waals surface area contributed by atoms with E-state index in [9.17, 15) is 4.79 Å². The summed E-state index contributed by atoms with van der Waals surface area (Å²) in [5.74, 6) is 1.22. The second-order valence-electron chi connectivity index (χ2n) is 6.26. The van der Waals surface area contributed by atoms with Crippen LogP contribution in [0.25, 0.3) is 11.5 Å². The van der Waals surface area contributed by atoms with Gasteiger partial charge in [-0.25, -0.2) is 9.78 Å². The Bertz CT molecular complexity index is 886. The number of nitrogens with zero attached hydrogens (tertiary/aromatic N) is 1. The third kappa shape index (κ3) is 5.21. The first-order valence-electron chi connectivity index (χ1n) is 9.11. The molecular weight excluding hydrogens is 378 g/mol. The van der Waals surface area contributed by atoms with E-state index in [1.807, 2.05) is 48.0 Å². The second kappa shape index (κ2) is 9.52. The van der Waals surface area contributed by atoms with Crippen molar-refractivity contribution in [3.05, 3.63) is 58.1 Å². The maximum absolute atomic E-state index is 11.2. The smallest absolute Gasteiger partial charge is 0.333 e. The van der Waals surface area contributed by atoms with E-state index in [0.717, 1.165) is 28.3 Å². The highest BCUT2D eigenvalue weighted by atomic mass is 32.1. The summed E-state index contributed by atoms with van der Waals surface area (Å²) in [6, 6.07) is 9.39. The predicted octanol–water partition coefficient (Wildman–Crippen LogP) is 4.37. The molecule has 0 spiro atoms. The highest BCUT2D eigenvalue weighted by Crippen LogP contribution is 2.24. The van der Waals surface area contributed by atoms with E-state index < -0.39 is 12.1 Å². The van der Waals surface area contributed by atoms with E-state index in [1.54, 1.807) is 18.3 Å². The van der Waals surface area contributed by atoms with Crippen molar-refractivity contribution in [3.8, 4) is 17.2 Å². The fourth-order valence-corrected chi connectivity index (χ4v) is 3.42. The molecule has 0 fully saturated rings. The zero-order chi connectivity index (χ0) is 19.9. The average molecular weight is 401 g/mol. The first kappa shape index (κ1) is 20.1. The second-order valence-corrected chi connectivity index (χ2v) is 7.04. The molecule has 0 saturated heterocycles. The van der Waals surface area contributed by atoms with Crippen LogP contribution in [0, 0.1) is 6.92 Å². The Balaban J connectivity index is 1.52. The fraction of sp³-hybridized carbons (Fsp3) is 0.333. The molecule has 1 aromatic carbocycles. The molecule has 0 aliphatic carbocycles. The normalized spacial score (nSPS) is 12.1. The van der Waals surface area contributed by atoms with E-state index in [-0.39, 0.29) is 0 Å². The van der Waals surface area contributed by atoms with Crippen molar-refractivity contribution < 1.29 is 23.8 Å². The molecule has 0 aliphatic rings. The van der Waals surface area contributed by atoms with Crippen LogP contribution in [0.4, 0.5) is 0 Å². The number of thiophene rings is 1. The summed E-state index contributed by atoms with van der Waals surface area (Å²) in [5.41, 5.74) is 2.77. The van der Waals surface area contributed by atoms with Crippen molar-refractivity contribution in [2.75, 3.05) is 13.2 Å². The number of benzene rings is 1. The molecule has 1 atom stereocenters. The molecule has 6 nitrogen and oxygen atoms in total. The maximum Gasteiger partial charge on any atom is 0.333 e. The fourth-order valence-electron chi connectivity index (χ4n) is 2.79. The molecule has 28 heavy (non-hydrogen) atoms. The molecule has 0 amide bonds. The summed E-state index contributed by atoms with van der Waals surface area (Å²) in [4.78, 5) is 15.7. The number of hydrogen-bond acceptors (Lipinski definition) is 6. The number of carbonyl (C=O) groups is 1. The molecule has 0 aliphatic heterocycles. The van der Waals surface area contributed by atoms with Crippen LogP contribution >= 0.6 is 11.3 Å². The van der Waals surface area contributed by atoms with E-state index in [2.05, 4.69) is 4.98 Å². The van der Waals surface area contributed by atoms with Crippen LogP contribution in [0.15, 0.2) is 45.5 Å². The van der Waals surface area contributed by atoms with Gasteiger partial charge in [-0.15, -0.1) is 0 Å². The van der Waals surface area contributed by atoms with Crippen LogP contribution in [0.5, 0.6) is 5.75 Å². The van der Waals surface area contributed by atoms with Gasteiger partial charge < -0.3 is 19.0 Å². The van der Waals surface area contributed by atoms with Crippen LogP contribution in [-0.4, -0.2) is 35.4 Å². The monoisotopic (exact) mass is 401 g/mol. The zero-order valence-corrected chi connectivity index (χ0v) is 16.7. The van der Waals surface area contributed by atoms with Gasteiger partial charge in [0.25, 0.3) is 0 Å². The number of carboxylic acids is 1. The summed E-state index contributed by atoms with van der Waals surface area (Å²) in [5, 5.41) is 13.2. The Morgan fingerprint density at radius 3 is 2.71 bits per heavy atom. The lowest BCUT2D eigenvalue weighted by Gasteiger charge is -2.12. The van der Waals surface area contributed by atoms with Gasteiger partial charge in [-0.3, -0.25) is 0 Å². The number of hydrogen-bond donors (Lipinski definition) is 1. The van der Waals surface area contributed by atoms with Crippen molar-refractivity contribution in [2.24, 2.45) is 0 Å². The zero-order valence-electron chi connectivity index (χ0n) is 15.9. The molecule has 7 heteroatoms. The molecule has 3 rings (SSSR count). The number of aryl methyl sites for hydroxylation is 1. The van der Waals surface area contributed by atoms with Crippen LogP contribution in [0.2, 0.25) is 0 Å². The van der Waals surface area contributed by atoms with Gasteiger partial charge in [-0.1, -0.05) is 12.1 Å². The summed E-state index contributed by atoms with van der Waals surface area (Å²) >= 11 is 1.61. The van der Waals surface area contributed by atoms with Gasteiger partial charge in [0.2, 0.25) is 5.89 Å². The summed E-state index contributed by atoms with van der Waals surface area (Å²) in [6.07, 6.45) is 0.143. The Morgan fingerprint density at radius 1 is 1.29 bits per heavy atom. The Labute approximate surface area is 167 Å². The molecular formula is C21H23NO5S. The Morgan fingerprint density at radius 2 is 2.07 bits per heavy atom. The first-order valence-corrected chi connectivity index (χ1v) is 10.1. The lowest BCUT2D eigenvalue weighted by Crippen LogP contribution is -2.26. The topological polar surface area (TPSA) is 81.8 Å². The van der Waals surface area contributed by atoms with Crippen LogP contribution in [-0.2, 0) is 22.4 Å². The van der Waals surface area contributed by atoms with Crippen molar-refractivity contribution in [1.29, 1.82) is 0 Å². The molecule has 0 saturated carbocycles. The third-order valence-corrected chi connectivity index (χ3v) is 4.94. The van der Waals surface area contributed by atoms with E-state index in [0.29, 0.717) is 31.9 Å². The van der Waals surface area contributed by atoms with Crippen molar-refractivity contribution in [1.82, 2.24) is 4.98 Å². The quantitative estimate of drug-likeness (QED) is 0.543. The molecule has 148 valence electrons. The summed E-state index contributed by atoms with van der Waals surface area (Å²) < 4.78 is 16.8. The van der Waals surface area contributed by atoms with Gasteiger partial charge in [0.05, 0.1) is 12.3 Å². The number of carboxylic acid groups (broad SMARTS) is 1. The standard InChI is InChI=1S/C21H23NO5S/c1-3-25-19(21(23)24)12-15-4-6-17(7-5-15)26-10-8-18-14(2)27-20(22-18)16-9-11-28-13-16/h4-7,9,11,13,19H,3,8,10,12H2,1-2H3,(H,23,24)/t19-/m0/s1. The summed E-state index contributed by atoms with van der Waals surface area (Å²) in [7, 11) is 0. The van der Waals surface area contributed by atoms with E-state index in [4.69, 9.17) is 19.0 Å². The minimum atomic E-state index is -0.952. The summed E-state index contributed by atoms with van der Waals surface area (Å²) in [6.45, 7) is 4.54. The molecule has 0 radical (unpaired) electrons. The van der Waals surface area contributed by atoms with Gasteiger partial charge in [0.1, 0.15) is 11.5 Å². The first-order chi connectivity index (χ1) is 13.6. The Hall–Kier alpha value is -2.64. The van der Waals surface area contributed by atoms with Gasteiger partial charge in [-0.2, -0.15) is 11.3 Å². The third-order valence-electron chi connectivity index (χ3n) is 4.26. The highest BCUT2D eigenvalue weighted by Gasteiger charge is 2.18. The van der Waals surface area contributed by atoms with Gasteiger partial charge in [-0.05, 0) is 43.0 Å². The molecule has 0 unspecified atom stereocenters. The number of oxazole rings is 1. The van der Waals surface area contributed by atoms with Crippen molar-refractivity contribution in [3.63, 3.8) is 0 Å². The SMILES string of the molecule is CCO[C@@H](Cc1ccc(OCCc2nc(-c3ccsc3)oc2C)cc1)C(=O)O. The van der Waals surface area contributed by atoms with Crippen LogP contribution < -0.4 is 4.74 Å². The number of aromatic nitrogens is 1. The van der Waals surface area contributed by atoms with Gasteiger partial charge >= 0.3 is 5.97 Å². The molecule has 1 N–H and O–H groups in total. The van der Waals surface area contributed by atoms with Gasteiger partial charge in [0.15, 0.2) is 6.10 Å². The maximum atomic E-state index is 11.2. The number of aliphatic carboxylic acids is 1. The molecule has 3 aromatic rings. The number of rotatable bonds is 10. The van der Waals surface area contributed by atoms with E-state index in [1.165, 1.54) is 0 Å². The highest BCUT2D eigenvalue weighted by molar-refractivity contribution is 7.08. The average Bonchev–Trinajstić information content (AvgIpc) is 3.33. The van der Waals surface area contributed by atoms with Crippen LogP contribution in [0.3, 0.4) is 0 Å². The Kier molecular flexibility index (Phi) is 6.84. The minimum Gasteiger partial charge on any atom is -0.493 e. The van der Waals surface area contributed by atoms with Crippen LogP contribution in [0.1, 0.15) is 23.9 Å². The molecule has 2 heterocycles. The number of ether oxygens (including phenoxy) is 2. The molecule has 2 aromatic heterocycles. The minimum absolute atomic E-state index is 0.326.